The molecule has 2 heterocycles. The minimum atomic E-state index is -3.61. The van der Waals surface area contributed by atoms with Crippen LogP contribution >= 0.6 is 0 Å². The van der Waals surface area contributed by atoms with E-state index in [2.05, 4.69) is 20.0 Å². The van der Waals surface area contributed by atoms with Crippen molar-refractivity contribution in [3.05, 3.63) is 48.4 Å². The zero-order valence-corrected chi connectivity index (χ0v) is 11.9. The Bertz CT molecular complexity index is 659. The Balaban J connectivity index is 2.18. The average Bonchev–Trinajstić information content (AvgIpc) is 2.47. The van der Waals surface area contributed by atoms with Crippen LogP contribution in [0.5, 0.6) is 0 Å². The topological polar surface area (TPSA) is 84.0 Å². The second-order valence-corrected chi connectivity index (χ2v) is 5.80. The predicted molar refractivity (Wildman–Crippen MR) is 76.7 cm³/mol. The predicted octanol–water partition coefficient (Wildman–Crippen LogP) is 1.39. The number of sulfonamides is 1. The van der Waals surface area contributed by atoms with E-state index in [1.807, 2.05) is 6.92 Å². The molecule has 0 aliphatic carbocycles. The molecule has 0 saturated heterocycles. The third-order valence-electron chi connectivity index (χ3n) is 2.62. The summed E-state index contributed by atoms with van der Waals surface area (Å²) in [5, 5.41) is 2.94. The molecule has 0 aliphatic rings. The van der Waals surface area contributed by atoms with Crippen LogP contribution in [-0.2, 0) is 16.6 Å². The van der Waals surface area contributed by atoms with Crippen molar-refractivity contribution in [3.63, 3.8) is 0 Å². The Morgan fingerprint density at radius 2 is 1.90 bits per heavy atom. The first kappa shape index (κ1) is 14.4. The fourth-order valence-electron chi connectivity index (χ4n) is 1.66. The number of rotatable bonds is 6. The van der Waals surface area contributed by atoms with E-state index in [9.17, 15) is 8.42 Å². The van der Waals surface area contributed by atoms with Crippen LogP contribution in [0.25, 0.3) is 0 Å². The lowest BCUT2D eigenvalue weighted by Gasteiger charge is -2.11. The average molecular weight is 292 g/mol. The third kappa shape index (κ3) is 3.52. The van der Waals surface area contributed by atoms with Crippen molar-refractivity contribution >= 4 is 15.8 Å². The fraction of sp³-hybridized carbons (Fsp3) is 0.231. The zero-order chi connectivity index (χ0) is 14.4. The van der Waals surface area contributed by atoms with E-state index in [-0.39, 0.29) is 11.4 Å². The van der Waals surface area contributed by atoms with Gasteiger partial charge in [0.15, 0.2) is 0 Å². The monoisotopic (exact) mass is 292 g/mol. The van der Waals surface area contributed by atoms with Gasteiger partial charge in [-0.05, 0) is 36.8 Å². The highest BCUT2D eigenvalue weighted by molar-refractivity contribution is 7.89. The number of aromatic nitrogens is 2. The number of nitrogens with zero attached hydrogens (tertiary/aromatic N) is 2. The number of pyridine rings is 2. The summed E-state index contributed by atoms with van der Waals surface area (Å²) in [4.78, 5) is 8.09. The van der Waals surface area contributed by atoms with Crippen LogP contribution in [0.15, 0.2) is 47.8 Å². The van der Waals surface area contributed by atoms with Crippen LogP contribution in [-0.4, -0.2) is 24.9 Å². The number of nitrogens with one attached hydrogen (secondary N) is 2. The van der Waals surface area contributed by atoms with Crippen molar-refractivity contribution < 1.29 is 8.42 Å². The highest BCUT2D eigenvalue weighted by atomic mass is 32.2. The molecule has 7 heteroatoms. The molecule has 2 aromatic heterocycles. The van der Waals surface area contributed by atoms with Crippen LogP contribution in [0.1, 0.15) is 12.5 Å². The Hall–Kier alpha value is -1.99. The van der Waals surface area contributed by atoms with Gasteiger partial charge in [-0.2, -0.15) is 0 Å². The van der Waals surface area contributed by atoms with Crippen molar-refractivity contribution in [1.29, 1.82) is 0 Å². The Labute approximate surface area is 118 Å². The number of anilines is 1. The van der Waals surface area contributed by atoms with E-state index in [0.29, 0.717) is 12.4 Å². The zero-order valence-electron chi connectivity index (χ0n) is 11.1. The van der Waals surface area contributed by atoms with Gasteiger partial charge in [-0.1, -0.05) is 0 Å². The first-order chi connectivity index (χ1) is 9.63. The van der Waals surface area contributed by atoms with Gasteiger partial charge < -0.3 is 5.32 Å². The molecule has 0 amide bonds. The molecular formula is C13H16N4O2S. The third-order valence-corrected chi connectivity index (χ3v) is 4.05. The summed E-state index contributed by atoms with van der Waals surface area (Å²) in [6.07, 6.45) is 4.80. The van der Waals surface area contributed by atoms with E-state index in [0.717, 1.165) is 5.56 Å². The van der Waals surface area contributed by atoms with E-state index in [4.69, 9.17) is 0 Å². The summed E-state index contributed by atoms with van der Waals surface area (Å²) >= 11 is 0. The summed E-state index contributed by atoms with van der Waals surface area (Å²) in [6.45, 7) is 2.70. The van der Waals surface area contributed by atoms with Gasteiger partial charge in [-0.3, -0.25) is 4.98 Å². The summed E-state index contributed by atoms with van der Waals surface area (Å²) in [7, 11) is -3.61. The van der Waals surface area contributed by atoms with Crippen LogP contribution < -0.4 is 10.0 Å². The maximum atomic E-state index is 12.3. The van der Waals surface area contributed by atoms with Gasteiger partial charge in [0.25, 0.3) is 0 Å². The van der Waals surface area contributed by atoms with E-state index in [1.165, 1.54) is 6.07 Å². The Morgan fingerprint density at radius 3 is 2.60 bits per heavy atom. The number of hydrogen-bond acceptors (Lipinski definition) is 5. The minimum Gasteiger partial charge on any atom is -0.369 e. The highest BCUT2D eigenvalue weighted by Gasteiger charge is 2.18. The van der Waals surface area contributed by atoms with Crippen LogP contribution in [0.4, 0.5) is 5.82 Å². The second kappa shape index (κ2) is 6.44. The first-order valence-corrected chi connectivity index (χ1v) is 7.69. The van der Waals surface area contributed by atoms with Crippen molar-refractivity contribution in [1.82, 2.24) is 14.7 Å². The molecule has 0 spiro atoms. The molecule has 0 radical (unpaired) electrons. The van der Waals surface area contributed by atoms with Gasteiger partial charge in [-0.15, -0.1) is 0 Å². The van der Waals surface area contributed by atoms with Gasteiger partial charge in [0.2, 0.25) is 10.0 Å². The summed E-state index contributed by atoms with van der Waals surface area (Å²) in [6, 6.07) is 6.65. The Morgan fingerprint density at radius 1 is 1.15 bits per heavy atom. The van der Waals surface area contributed by atoms with Crippen LogP contribution in [0.2, 0.25) is 0 Å². The summed E-state index contributed by atoms with van der Waals surface area (Å²) < 4.78 is 27.1. The quantitative estimate of drug-likeness (QED) is 0.840. The van der Waals surface area contributed by atoms with E-state index < -0.39 is 10.0 Å². The molecule has 0 atom stereocenters. The summed E-state index contributed by atoms with van der Waals surface area (Å²) in [5.74, 6) is 0.359. The maximum Gasteiger partial charge on any atom is 0.244 e. The standard InChI is InChI=1S/C13H16N4O2S/c1-2-15-13-12(4-3-7-16-13)20(18,19)17-10-11-5-8-14-9-6-11/h3-9,17H,2,10H2,1H3,(H,15,16). The van der Waals surface area contributed by atoms with E-state index in [1.54, 1.807) is 36.8 Å². The molecule has 0 unspecified atom stereocenters. The molecular weight excluding hydrogens is 276 g/mol. The molecule has 106 valence electrons. The van der Waals surface area contributed by atoms with Gasteiger partial charge in [0.1, 0.15) is 10.7 Å². The molecule has 0 bridgehead atoms. The SMILES string of the molecule is CCNc1ncccc1S(=O)(=O)NCc1ccncc1. The van der Waals surface area contributed by atoms with E-state index >= 15 is 0 Å². The van der Waals surface area contributed by atoms with Crippen molar-refractivity contribution in [2.45, 2.75) is 18.4 Å². The van der Waals surface area contributed by atoms with Crippen LogP contribution in [0, 0.1) is 0 Å². The molecule has 6 nitrogen and oxygen atoms in total. The molecule has 2 rings (SSSR count). The fourth-order valence-corrected chi connectivity index (χ4v) is 2.81. The Kier molecular flexibility index (Phi) is 4.65. The first-order valence-electron chi connectivity index (χ1n) is 6.21. The highest BCUT2D eigenvalue weighted by Crippen LogP contribution is 2.17. The lowest BCUT2D eigenvalue weighted by Crippen LogP contribution is -2.24. The van der Waals surface area contributed by atoms with Crippen LogP contribution in [0.3, 0.4) is 0 Å². The molecule has 0 aromatic carbocycles. The molecule has 0 aliphatic heterocycles. The normalized spacial score (nSPS) is 11.2. The maximum absolute atomic E-state index is 12.3. The molecule has 0 saturated carbocycles. The molecule has 2 aromatic rings. The van der Waals surface area contributed by atoms with Gasteiger partial charge >= 0.3 is 0 Å². The lowest BCUT2D eigenvalue weighted by molar-refractivity contribution is 0.581. The largest absolute Gasteiger partial charge is 0.369 e. The van der Waals surface area contributed by atoms with Crippen molar-refractivity contribution in [3.8, 4) is 0 Å². The lowest BCUT2D eigenvalue weighted by atomic mass is 10.3. The van der Waals surface area contributed by atoms with Gasteiger partial charge in [0.05, 0.1) is 0 Å². The number of hydrogen-bond donors (Lipinski definition) is 2. The molecule has 0 fully saturated rings. The summed E-state index contributed by atoms with van der Waals surface area (Å²) in [5.41, 5.74) is 0.845. The molecule has 20 heavy (non-hydrogen) atoms. The van der Waals surface area contributed by atoms with Gasteiger partial charge in [0, 0.05) is 31.7 Å². The second-order valence-electron chi connectivity index (χ2n) is 4.06. The van der Waals surface area contributed by atoms with Crippen molar-refractivity contribution in [2.24, 2.45) is 0 Å². The van der Waals surface area contributed by atoms with Gasteiger partial charge in [-0.25, -0.2) is 18.1 Å². The smallest absolute Gasteiger partial charge is 0.244 e. The molecule has 2 N–H and O–H groups in total. The minimum absolute atomic E-state index is 0.149. The van der Waals surface area contributed by atoms with Crippen molar-refractivity contribution in [2.75, 3.05) is 11.9 Å².